The topological polar surface area (TPSA) is 91.8 Å². The summed E-state index contributed by atoms with van der Waals surface area (Å²) < 4.78 is 0. The molecule has 0 aliphatic heterocycles. The summed E-state index contributed by atoms with van der Waals surface area (Å²) in [4.78, 5) is 14.9. The van der Waals surface area contributed by atoms with E-state index in [1.54, 1.807) is 41.9 Å². The Morgan fingerprint density at radius 1 is 1.31 bits per heavy atom. The lowest BCUT2D eigenvalue weighted by Crippen LogP contribution is -1.91. The second-order valence-corrected chi connectivity index (χ2v) is 6.46. The van der Waals surface area contributed by atoms with Crippen molar-refractivity contribution in [2.45, 2.75) is 0 Å². The molecule has 6 nitrogen and oxygen atoms in total. The smallest absolute Gasteiger partial charge is 0.270 e. The van der Waals surface area contributed by atoms with E-state index < -0.39 is 4.92 Å². The number of hydrogen-bond acceptors (Lipinski definition) is 6. The molecule has 0 bridgehead atoms. The van der Waals surface area contributed by atoms with Gasteiger partial charge in [-0.05, 0) is 18.2 Å². The van der Waals surface area contributed by atoms with E-state index in [9.17, 15) is 15.4 Å². The number of rotatable bonds is 5. The summed E-state index contributed by atoms with van der Waals surface area (Å²) in [6, 6.07) is 15.5. The molecule has 1 heterocycles. The van der Waals surface area contributed by atoms with Gasteiger partial charge in [-0.3, -0.25) is 10.1 Å². The van der Waals surface area contributed by atoms with Gasteiger partial charge in [0.25, 0.3) is 5.69 Å². The Labute approximate surface area is 158 Å². The molecule has 0 radical (unpaired) electrons. The Hall–Kier alpha value is -3.21. The number of nitriles is 1. The number of anilines is 1. The van der Waals surface area contributed by atoms with E-state index in [2.05, 4.69) is 16.4 Å². The third-order valence-electron chi connectivity index (χ3n) is 3.42. The third-order valence-corrected chi connectivity index (χ3v) is 4.53. The minimum Gasteiger partial charge on any atom is -0.360 e. The van der Waals surface area contributed by atoms with Crippen LogP contribution in [0.15, 0.2) is 60.1 Å². The van der Waals surface area contributed by atoms with Crippen molar-refractivity contribution in [1.29, 1.82) is 5.26 Å². The fourth-order valence-corrected chi connectivity index (χ4v) is 3.17. The van der Waals surface area contributed by atoms with Crippen LogP contribution in [0.1, 0.15) is 5.01 Å². The molecule has 2 aromatic carbocycles. The van der Waals surface area contributed by atoms with Crippen molar-refractivity contribution in [3.8, 4) is 17.3 Å². The van der Waals surface area contributed by atoms with Crippen molar-refractivity contribution in [3.05, 3.63) is 80.3 Å². The van der Waals surface area contributed by atoms with E-state index in [0.29, 0.717) is 26.9 Å². The van der Waals surface area contributed by atoms with Crippen LogP contribution >= 0.6 is 22.9 Å². The van der Waals surface area contributed by atoms with Gasteiger partial charge in [-0.25, -0.2) is 4.98 Å². The lowest BCUT2D eigenvalue weighted by Gasteiger charge is -2.01. The average Bonchev–Trinajstić information content (AvgIpc) is 3.12. The maximum Gasteiger partial charge on any atom is 0.270 e. The lowest BCUT2D eigenvalue weighted by atomic mass is 10.1. The largest absolute Gasteiger partial charge is 0.360 e. The molecule has 1 N–H and O–H groups in total. The Balaban J connectivity index is 1.85. The van der Waals surface area contributed by atoms with Crippen LogP contribution in [0.5, 0.6) is 0 Å². The number of thiazole rings is 1. The van der Waals surface area contributed by atoms with E-state index in [-0.39, 0.29) is 5.69 Å². The van der Waals surface area contributed by atoms with E-state index in [0.717, 1.165) is 5.69 Å². The number of nitrogens with zero attached hydrogens (tertiary/aromatic N) is 3. The van der Waals surface area contributed by atoms with Gasteiger partial charge in [-0.2, -0.15) is 5.26 Å². The Morgan fingerprint density at radius 3 is 2.85 bits per heavy atom. The van der Waals surface area contributed by atoms with Crippen LogP contribution in [0.3, 0.4) is 0 Å². The van der Waals surface area contributed by atoms with Crippen LogP contribution < -0.4 is 5.32 Å². The van der Waals surface area contributed by atoms with E-state index in [4.69, 9.17) is 11.6 Å². The number of hydrogen-bond donors (Lipinski definition) is 1. The summed E-state index contributed by atoms with van der Waals surface area (Å²) in [5.41, 5.74) is 2.31. The fourth-order valence-electron chi connectivity index (χ4n) is 2.18. The van der Waals surface area contributed by atoms with Crippen LogP contribution in [0, 0.1) is 21.4 Å². The first-order valence-corrected chi connectivity index (χ1v) is 8.65. The van der Waals surface area contributed by atoms with Gasteiger partial charge in [-0.1, -0.05) is 29.8 Å². The van der Waals surface area contributed by atoms with Crippen LogP contribution in [0.2, 0.25) is 5.02 Å². The van der Waals surface area contributed by atoms with Gasteiger partial charge in [0.05, 0.1) is 10.6 Å². The predicted molar refractivity (Wildman–Crippen MR) is 103 cm³/mol. The molecule has 3 rings (SSSR count). The van der Waals surface area contributed by atoms with E-state index >= 15 is 0 Å². The van der Waals surface area contributed by atoms with Gasteiger partial charge in [0.15, 0.2) is 0 Å². The lowest BCUT2D eigenvalue weighted by molar-refractivity contribution is -0.384. The number of allylic oxidation sites excluding steroid dienone is 1. The van der Waals surface area contributed by atoms with Crippen molar-refractivity contribution in [2.75, 3.05) is 5.32 Å². The minimum absolute atomic E-state index is 0.00396. The van der Waals surface area contributed by atoms with E-state index in [1.807, 2.05) is 6.07 Å². The van der Waals surface area contributed by atoms with Crippen molar-refractivity contribution < 1.29 is 4.92 Å². The molecule has 0 saturated carbocycles. The number of halogens is 1. The first-order valence-electron chi connectivity index (χ1n) is 7.40. The molecule has 128 valence electrons. The summed E-state index contributed by atoms with van der Waals surface area (Å²) in [7, 11) is 0. The van der Waals surface area contributed by atoms with Gasteiger partial charge in [0.1, 0.15) is 16.6 Å². The van der Waals surface area contributed by atoms with Crippen molar-refractivity contribution >= 4 is 39.9 Å². The number of benzene rings is 2. The number of aromatic nitrogens is 1. The van der Waals surface area contributed by atoms with Gasteiger partial charge in [0.2, 0.25) is 0 Å². The normalized spacial score (nSPS) is 11.0. The highest BCUT2D eigenvalue weighted by molar-refractivity contribution is 7.11. The van der Waals surface area contributed by atoms with Crippen LogP contribution in [-0.2, 0) is 0 Å². The van der Waals surface area contributed by atoms with Crippen LogP contribution in [-0.4, -0.2) is 9.91 Å². The summed E-state index contributed by atoms with van der Waals surface area (Å²) in [5, 5.41) is 26.2. The molecule has 1 aromatic heterocycles. The Morgan fingerprint density at radius 2 is 2.12 bits per heavy atom. The number of non-ortho nitro benzene ring substituents is 1. The first-order chi connectivity index (χ1) is 12.6. The summed E-state index contributed by atoms with van der Waals surface area (Å²) in [5.74, 6) is 0. The first kappa shape index (κ1) is 17.6. The van der Waals surface area contributed by atoms with Crippen molar-refractivity contribution in [3.63, 3.8) is 0 Å². The molecule has 0 atom stereocenters. The quantitative estimate of drug-likeness (QED) is 0.365. The molecular weight excluding hydrogens is 372 g/mol. The van der Waals surface area contributed by atoms with Gasteiger partial charge < -0.3 is 5.32 Å². The SMILES string of the molecule is N#CC(=CNc1cccc(Cl)c1)c1nc(-c2cccc([N+](=O)[O-])c2)cs1. The zero-order chi connectivity index (χ0) is 18.5. The highest BCUT2D eigenvalue weighted by atomic mass is 35.5. The van der Waals surface area contributed by atoms with Crippen LogP contribution in [0.4, 0.5) is 11.4 Å². The Bertz CT molecular complexity index is 1040. The molecule has 3 aromatic rings. The standard InChI is InChI=1S/C18H11ClN4O2S/c19-14-4-2-5-15(8-14)21-10-13(9-20)18-22-17(11-26-18)12-3-1-6-16(7-12)23(24)25/h1-8,10-11,21H. The Kier molecular flexibility index (Phi) is 5.27. The summed E-state index contributed by atoms with van der Waals surface area (Å²) in [6.07, 6.45) is 1.56. The number of nitro groups is 1. The number of nitro benzene ring substituents is 1. The predicted octanol–water partition coefficient (Wildman–Crippen LogP) is 5.35. The van der Waals surface area contributed by atoms with Gasteiger partial charge in [-0.15, -0.1) is 11.3 Å². The maximum atomic E-state index is 10.9. The molecule has 0 aliphatic rings. The highest BCUT2D eigenvalue weighted by Crippen LogP contribution is 2.28. The monoisotopic (exact) mass is 382 g/mol. The molecule has 0 fully saturated rings. The minimum atomic E-state index is -0.452. The van der Waals surface area contributed by atoms with Crippen LogP contribution in [0.25, 0.3) is 16.8 Å². The average molecular weight is 383 g/mol. The molecular formula is C18H11ClN4O2S. The van der Waals surface area contributed by atoms with Gasteiger partial charge in [0, 0.05) is 40.0 Å². The molecule has 8 heteroatoms. The third kappa shape index (κ3) is 4.06. The molecule has 0 unspecified atom stereocenters. The maximum absolute atomic E-state index is 10.9. The van der Waals surface area contributed by atoms with Crippen molar-refractivity contribution in [2.24, 2.45) is 0 Å². The zero-order valence-corrected chi connectivity index (χ0v) is 14.8. The second-order valence-electron chi connectivity index (χ2n) is 5.17. The van der Waals surface area contributed by atoms with E-state index in [1.165, 1.54) is 23.5 Å². The number of nitrogens with one attached hydrogen (secondary N) is 1. The molecule has 0 amide bonds. The summed E-state index contributed by atoms with van der Waals surface area (Å²) >= 11 is 7.23. The van der Waals surface area contributed by atoms with Crippen molar-refractivity contribution in [1.82, 2.24) is 4.98 Å². The highest BCUT2D eigenvalue weighted by Gasteiger charge is 2.12. The molecule has 0 spiro atoms. The molecule has 26 heavy (non-hydrogen) atoms. The summed E-state index contributed by atoms with van der Waals surface area (Å²) in [6.45, 7) is 0. The fraction of sp³-hybridized carbons (Fsp3) is 0. The molecule has 0 saturated heterocycles. The molecule has 0 aliphatic carbocycles. The zero-order valence-electron chi connectivity index (χ0n) is 13.2. The van der Waals surface area contributed by atoms with Gasteiger partial charge >= 0.3 is 0 Å². The second kappa shape index (κ2) is 7.78.